The van der Waals surface area contributed by atoms with E-state index in [2.05, 4.69) is 65.0 Å². The van der Waals surface area contributed by atoms with Crippen LogP contribution in [0, 0.1) is 0 Å². The normalized spacial score (nSPS) is 20.1. The minimum Gasteiger partial charge on any atom is -0.400 e. The fourth-order valence-corrected chi connectivity index (χ4v) is 2.59. The Morgan fingerprint density at radius 3 is 2.13 bits per heavy atom. The Balaban J connectivity index is 2.13. The van der Waals surface area contributed by atoms with Crippen molar-refractivity contribution in [2.75, 3.05) is 6.54 Å². The monoisotopic (exact) mass is 315 g/mol. The van der Waals surface area contributed by atoms with Gasteiger partial charge in [-0.15, -0.1) is 0 Å². The lowest BCUT2D eigenvalue weighted by Crippen LogP contribution is -2.41. The van der Waals surface area contributed by atoms with Crippen LogP contribution in [0.1, 0.15) is 58.6 Å². The van der Waals surface area contributed by atoms with Gasteiger partial charge in [0.25, 0.3) is 0 Å². The SMILES string of the molecule is CCCCc1ccc(C=C(CN)B2OC(C)(C)C(C)(C)O2)cc1. The van der Waals surface area contributed by atoms with Gasteiger partial charge in [-0.1, -0.05) is 43.7 Å². The highest BCUT2D eigenvalue weighted by Gasteiger charge is 2.52. The Morgan fingerprint density at radius 1 is 1.09 bits per heavy atom. The van der Waals surface area contributed by atoms with Gasteiger partial charge < -0.3 is 15.0 Å². The predicted molar refractivity (Wildman–Crippen MR) is 98.2 cm³/mol. The average Bonchev–Trinajstić information content (AvgIpc) is 2.72. The lowest BCUT2D eigenvalue weighted by Gasteiger charge is -2.32. The molecular formula is C19H30BNO2. The fourth-order valence-electron chi connectivity index (χ4n) is 2.59. The number of nitrogens with two attached hydrogens (primary N) is 1. The summed E-state index contributed by atoms with van der Waals surface area (Å²) in [6, 6.07) is 8.68. The van der Waals surface area contributed by atoms with E-state index < -0.39 is 0 Å². The largest absolute Gasteiger partial charge is 0.491 e. The van der Waals surface area contributed by atoms with Crippen LogP contribution in [0.3, 0.4) is 0 Å². The Labute approximate surface area is 141 Å². The van der Waals surface area contributed by atoms with Gasteiger partial charge in [0.05, 0.1) is 11.2 Å². The van der Waals surface area contributed by atoms with E-state index in [0.29, 0.717) is 6.54 Å². The molecule has 1 aromatic carbocycles. The summed E-state index contributed by atoms with van der Waals surface area (Å²) in [6.45, 7) is 10.9. The summed E-state index contributed by atoms with van der Waals surface area (Å²) >= 11 is 0. The average molecular weight is 315 g/mol. The maximum Gasteiger partial charge on any atom is 0.491 e. The highest BCUT2D eigenvalue weighted by molar-refractivity contribution is 6.55. The number of hydrogen-bond acceptors (Lipinski definition) is 3. The number of rotatable bonds is 6. The van der Waals surface area contributed by atoms with Gasteiger partial charge in [-0.25, -0.2) is 0 Å². The van der Waals surface area contributed by atoms with E-state index in [9.17, 15) is 0 Å². The Bertz CT molecular complexity index is 533. The van der Waals surface area contributed by atoms with Crippen molar-refractivity contribution in [1.82, 2.24) is 0 Å². The Morgan fingerprint density at radius 2 is 1.65 bits per heavy atom. The first-order valence-corrected chi connectivity index (χ1v) is 8.64. The van der Waals surface area contributed by atoms with Crippen LogP contribution in [0.5, 0.6) is 0 Å². The third kappa shape index (κ3) is 4.25. The molecule has 4 heteroatoms. The van der Waals surface area contributed by atoms with Gasteiger partial charge in [-0.05, 0) is 57.1 Å². The molecule has 0 spiro atoms. The quantitative estimate of drug-likeness (QED) is 0.807. The lowest BCUT2D eigenvalue weighted by atomic mass is 9.77. The van der Waals surface area contributed by atoms with Gasteiger partial charge in [-0.2, -0.15) is 0 Å². The molecule has 126 valence electrons. The molecule has 1 saturated heterocycles. The highest BCUT2D eigenvalue weighted by atomic mass is 16.7. The van der Waals surface area contributed by atoms with Crippen molar-refractivity contribution in [3.8, 4) is 0 Å². The standard InChI is InChI=1S/C19H30BNO2/c1-6-7-8-15-9-11-16(12-10-15)13-17(14-21)20-22-18(2,3)19(4,5)23-20/h9-13H,6-8,14,21H2,1-5H3. The summed E-state index contributed by atoms with van der Waals surface area (Å²) < 4.78 is 12.2. The van der Waals surface area contributed by atoms with E-state index >= 15 is 0 Å². The minimum atomic E-state index is -0.371. The molecule has 0 bridgehead atoms. The molecule has 3 nitrogen and oxygen atoms in total. The topological polar surface area (TPSA) is 44.5 Å². The molecule has 1 aliphatic heterocycles. The van der Waals surface area contributed by atoms with Gasteiger partial charge in [-0.3, -0.25) is 0 Å². The van der Waals surface area contributed by atoms with Crippen LogP contribution in [0.4, 0.5) is 0 Å². The zero-order chi connectivity index (χ0) is 17.1. The van der Waals surface area contributed by atoms with Crippen molar-refractivity contribution < 1.29 is 9.31 Å². The molecule has 23 heavy (non-hydrogen) atoms. The smallest absolute Gasteiger partial charge is 0.400 e. The summed E-state index contributed by atoms with van der Waals surface area (Å²) in [4.78, 5) is 0. The van der Waals surface area contributed by atoms with E-state index in [0.717, 1.165) is 17.5 Å². The molecule has 0 radical (unpaired) electrons. The van der Waals surface area contributed by atoms with Gasteiger partial charge in [0.15, 0.2) is 0 Å². The summed E-state index contributed by atoms with van der Waals surface area (Å²) in [6.07, 6.45) is 5.69. The predicted octanol–water partition coefficient (Wildman–Crippen LogP) is 4.00. The van der Waals surface area contributed by atoms with Crippen molar-refractivity contribution >= 4 is 13.2 Å². The summed E-state index contributed by atoms with van der Waals surface area (Å²) in [5, 5.41) is 0. The van der Waals surface area contributed by atoms with E-state index in [1.807, 2.05) is 0 Å². The minimum absolute atomic E-state index is 0.337. The van der Waals surface area contributed by atoms with E-state index in [1.54, 1.807) is 0 Å². The lowest BCUT2D eigenvalue weighted by molar-refractivity contribution is 0.00578. The molecule has 0 unspecified atom stereocenters. The van der Waals surface area contributed by atoms with Crippen LogP contribution >= 0.6 is 0 Å². The molecule has 1 aliphatic rings. The maximum absolute atomic E-state index is 6.10. The summed E-state index contributed by atoms with van der Waals surface area (Å²) in [5.74, 6) is 0. The fraction of sp³-hybridized carbons (Fsp3) is 0.579. The second-order valence-corrected chi connectivity index (χ2v) is 7.36. The molecular weight excluding hydrogens is 285 g/mol. The molecule has 2 N–H and O–H groups in total. The third-order valence-electron chi connectivity index (χ3n) is 4.94. The van der Waals surface area contributed by atoms with Crippen LogP contribution in [0.25, 0.3) is 6.08 Å². The van der Waals surface area contributed by atoms with Crippen LogP contribution in [-0.4, -0.2) is 24.9 Å². The van der Waals surface area contributed by atoms with Crippen molar-refractivity contribution in [1.29, 1.82) is 0 Å². The number of unbranched alkanes of at least 4 members (excludes halogenated alkanes) is 1. The second kappa shape index (κ2) is 7.21. The van der Waals surface area contributed by atoms with E-state index in [1.165, 1.54) is 18.4 Å². The van der Waals surface area contributed by atoms with Crippen molar-refractivity contribution in [2.45, 2.75) is 65.1 Å². The van der Waals surface area contributed by atoms with Gasteiger partial charge >= 0.3 is 7.12 Å². The maximum atomic E-state index is 6.10. The molecule has 0 amide bonds. The molecule has 1 aromatic rings. The zero-order valence-electron chi connectivity index (χ0n) is 15.2. The highest BCUT2D eigenvalue weighted by Crippen LogP contribution is 2.38. The van der Waals surface area contributed by atoms with Gasteiger partial charge in [0.2, 0.25) is 0 Å². The third-order valence-corrected chi connectivity index (χ3v) is 4.94. The molecule has 1 heterocycles. The second-order valence-electron chi connectivity index (χ2n) is 7.36. The summed E-state index contributed by atoms with van der Waals surface area (Å²) in [7, 11) is -0.371. The number of hydrogen-bond donors (Lipinski definition) is 1. The molecule has 0 atom stereocenters. The van der Waals surface area contributed by atoms with Crippen molar-refractivity contribution in [3.05, 3.63) is 40.9 Å². The van der Waals surface area contributed by atoms with E-state index in [4.69, 9.17) is 15.0 Å². The van der Waals surface area contributed by atoms with Crippen LogP contribution in [0.15, 0.2) is 29.7 Å². The molecule has 2 rings (SSSR count). The van der Waals surface area contributed by atoms with E-state index in [-0.39, 0.29) is 18.3 Å². The first-order valence-electron chi connectivity index (χ1n) is 8.64. The van der Waals surface area contributed by atoms with Gasteiger partial charge in [0, 0.05) is 6.54 Å². The summed E-state index contributed by atoms with van der Waals surface area (Å²) in [5.41, 5.74) is 8.77. The van der Waals surface area contributed by atoms with Crippen molar-refractivity contribution in [2.24, 2.45) is 5.73 Å². The molecule has 1 fully saturated rings. The van der Waals surface area contributed by atoms with Crippen LogP contribution < -0.4 is 5.73 Å². The number of aryl methyl sites for hydroxylation is 1. The first kappa shape index (κ1) is 18.2. The van der Waals surface area contributed by atoms with Crippen LogP contribution in [0.2, 0.25) is 0 Å². The molecule has 0 saturated carbocycles. The van der Waals surface area contributed by atoms with Gasteiger partial charge in [0.1, 0.15) is 0 Å². The van der Waals surface area contributed by atoms with Crippen LogP contribution in [-0.2, 0) is 15.7 Å². The first-order chi connectivity index (χ1) is 10.8. The Hall–Kier alpha value is -1.10. The zero-order valence-corrected chi connectivity index (χ0v) is 15.2. The molecule has 0 aliphatic carbocycles. The van der Waals surface area contributed by atoms with Crippen molar-refractivity contribution in [3.63, 3.8) is 0 Å². The molecule has 0 aromatic heterocycles. The Kier molecular flexibility index (Phi) is 5.72. The number of benzene rings is 1.